The molecule has 0 atom stereocenters. The molecular weight excluding hydrogens is 304 g/mol. The fraction of sp³-hybridized carbons (Fsp3) is 0.211. The van der Waals surface area contributed by atoms with E-state index in [0.29, 0.717) is 26.3 Å². The van der Waals surface area contributed by atoms with Gasteiger partial charge in [0.25, 0.3) is 5.56 Å². The van der Waals surface area contributed by atoms with Crippen molar-refractivity contribution in [3.8, 4) is 11.5 Å². The average Bonchev–Trinajstić information content (AvgIpc) is 2.62. The fourth-order valence-electron chi connectivity index (χ4n) is 2.86. The first kappa shape index (κ1) is 14.8. The van der Waals surface area contributed by atoms with E-state index in [4.69, 9.17) is 9.47 Å². The summed E-state index contributed by atoms with van der Waals surface area (Å²) < 4.78 is 11.1. The second-order valence-electron chi connectivity index (χ2n) is 5.79. The number of rotatable bonds is 4. The van der Waals surface area contributed by atoms with E-state index in [1.165, 1.54) is 0 Å². The van der Waals surface area contributed by atoms with E-state index in [1.807, 2.05) is 48.5 Å². The van der Waals surface area contributed by atoms with Crippen LogP contribution in [0.15, 0.2) is 53.3 Å². The van der Waals surface area contributed by atoms with Gasteiger partial charge in [-0.15, -0.1) is 0 Å². The molecule has 0 saturated heterocycles. The zero-order valence-corrected chi connectivity index (χ0v) is 13.2. The average molecular weight is 322 g/mol. The molecule has 0 unspecified atom stereocenters. The number of hydrogen-bond donors (Lipinski definition) is 2. The number of para-hydroxylation sites is 1. The van der Waals surface area contributed by atoms with Gasteiger partial charge in [-0.2, -0.15) is 0 Å². The molecular formula is C19H18N2O3. The Balaban J connectivity index is 1.46. The quantitative estimate of drug-likeness (QED) is 0.775. The number of ether oxygens (including phenoxy) is 2. The highest BCUT2D eigenvalue weighted by Gasteiger charge is 2.11. The van der Waals surface area contributed by atoms with Crippen LogP contribution in [0.5, 0.6) is 11.5 Å². The summed E-state index contributed by atoms with van der Waals surface area (Å²) in [5, 5.41) is 4.35. The minimum Gasteiger partial charge on any atom is -0.486 e. The third-order valence-corrected chi connectivity index (χ3v) is 4.08. The van der Waals surface area contributed by atoms with Crippen LogP contribution in [0, 0.1) is 0 Å². The van der Waals surface area contributed by atoms with Crippen LogP contribution in [0.25, 0.3) is 10.9 Å². The van der Waals surface area contributed by atoms with Crippen molar-refractivity contribution < 1.29 is 9.47 Å². The predicted octanol–water partition coefficient (Wildman–Crippen LogP) is 2.59. The topological polar surface area (TPSA) is 63.4 Å². The lowest BCUT2D eigenvalue weighted by atomic mass is 10.1. The Morgan fingerprint density at radius 2 is 1.79 bits per heavy atom. The molecule has 1 aliphatic heterocycles. The van der Waals surface area contributed by atoms with Gasteiger partial charge in [0, 0.05) is 24.2 Å². The first-order valence-electron chi connectivity index (χ1n) is 8.00. The molecule has 0 aliphatic carbocycles. The SMILES string of the molecule is O=c1[nH]c2ccccc2cc1CNCc1ccc2c(c1)OCCO2. The number of aromatic nitrogens is 1. The number of aromatic amines is 1. The zero-order valence-electron chi connectivity index (χ0n) is 13.2. The molecule has 4 rings (SSSR count). The molecule has 0 bridgehead atoms. The lowest BCUT2D eigenvalue weighted by molar-refractivity contribution is 0.171. The van der Waals surface area contributed by atoms with E-state index in [2.05, 4.69) is 10.3 Å². The second-order valence-corrected chi connectivity index (χ2v) is 5.79. The van der Waals surface area contributed by atoms with Crippen molar-refractivity contribution >= 4 is 10.9 Å². The summed E-state index contributed by atoms with van der Waals surface area (Å²) in [6.07, 6.45) is 0. The van der Waals surface area contributed by atoms with Gasteiger partial charge in [-0.3, -0.25) is 4.79 Å². The summed E-state index contributed by atoms with van der Waals surface area (Å²) in [5.74, 6) is 1.57. The highest BCUT2D eigenvalue weighted by molar-refractivity contribution is 5.78. The molecule has 5 heteroatoms. The van der Waals surface area contributed by atoms with E-state index in [0.717, 1.165) is 33.5 Å². The number of hydrogen-bond acceptors (Lipinski definition) is 4. The standard InChI is InChI=1S/C19H18N2O3/c22-19-15(10-14-3-1-2-4-16(14)21-19)12-20-11-13-5-6-17-18(9-13)24-8-7-23-17/h1-6,9-10,20H,7-8,11-12H2,(H,21,22). The molecule has 1 aliphatic rings. The maximum Gasteiger partial charge on any atom is 0.252 e. The lowest BCUT2D eigenvalue weighted by Crippen LogP contribution is -2.21. The third kappa shape index (κ3) is 2.98. The Morgan fingerprint density at radius 1 is 0.958 bits per heavy atom. The van der Waals surface area contributed by atoms with Crippen molar-refractivity contribution in [1.82, 2.24) is 10.3 Å². The second kappa shape index (κ2) is 6.37. The number of H-pyrrole nitrogens is 1. The summed E-state index contributed by atoms with van der Waals surface area (Å²) in [6.45, 7) is 2.34. The van der Waals surface area contributed by atoms with Crippen molar-refractivity contribution in [3.05, 3.63) is 70.0 Å². The van der Waals surface area contributed by atoms with Gasteiger partial charge in [-0.1, -0.05) is 24.3 Å². The number of benzene rings is 2. The van der Waals surface area contributed by atoms with Crippen LogP contribution in [-0.4, -0.2) is 18.2 Å². The third-order valence-electron chi connectivity index (χ3n) is 4.08. The van der Waals surface area contributed by atoms with Crippen LogP contribution >= 0.6 is 0 Å². The monoisotopic (exact) mass is 322 g/mol. The summed E-state index contributed by atoms with van der Waals surface area (Å²) >= 11 is 0. The van der Waals surface area contributed by atoms with Gasteiger partial charge in [-0.25, -0.2) is 0 Å². The predicted molar refractivity (Wildman–Crippen MR) is 92.5 cm³/mol. The van der Waals surface area contributed by atoms with Gasteiger partial charge in [0.2, 0.25) is 0 Å². The Labute approximate surface area is 139 Å². The van der Waals surface area contributed by atoms with Crippen LogP contribution in [-0.2, 0) is 13.1 Å². The zero-order chi connectivity index (χ0) is 16.4. The largest absolute Gasteiger partial charge is 0.486 e. The van der Waals surface area contributed by atoms with Gasteiger partial charge in [0.1, 0.15) is 13.2 Å². The van der Waals surface area contributed by atoms with E-state index in [9.17, 15) is 4.79 Å². The molecule has 2 heterocycles. The van der Waals surface area contributed by atoms with Gasteiger partial charge in [0.15, 0.2) is 11.5 Å². The minimum absolute atomic E-state index is 0.0524. The molecule has 2 N–H and O–H groups in total. The Morgan fingerprint density at radius 3 is 2.71 bits per heavy atom. The maximum absolute atomic E-state index is 12.1. The molecule has 0 amide bonds. The van der Waals surface area contributed by atoms with Gasteiger partial charge in [-0.05, 0) is 35.2 Å². The smallest absolute Gasteiger partial charge is 0.252 e. The molecule has 3 aromatic rings. The summed E-state index contributed by atoms with van der Waals surface area (Å²) in [4.78, 5) is 15.1. The van der Waals surface area contributed by atoms with Gasteiger partial charge in [0.05, 0.1) is 0 Å². The number of fused-ring (bicyclic) bond motifs is 2. The van der Waals surface area contributed by atoms with Crippen molar-refractivity contribution in [3.63, 3.8) is 0 Å². The Bertz CT molecular complexity index is 933. The Kier molecular flexibility index (Phi) is 3.92. The summed E-state index contributed by atoms with van der Waals surface area (Å²) in [6, 6.07) is 15.6. The molecule has 122 valence electrons. The number of pyridine rings is 1. The Hall–Kier alpha value is -2.79. The van der Waals surface area contributed by atoms with Gasteiger partial charge >= 0.3 is 0 Å². The molecule has 2 aromatic carbocycles. The van der Waals surface area contributed by atoms with Crippen LogP contribution < -0.4 is 20.3 Å². The van der Waals surface area contributed by atoms with Crippen molar-refractivity contribution in [2.24, 2.45) is 0 Å². The molecule has 5 nitrogen and oxygen atoms in total. The van der Waals surface area contributed by atoms with Crippen molar-refractivity contribution in [2.75, 3.05) is 13.2 Å². The van der Waals surface area contributed by atoms with E-state index >= 15 is 0 Å². The first-order chi connectivity index (χ1) is 11.8. The summed E-state index contributed by atoms with van der Waals surface area (Å²) in [7, 11) is 0. The van der Waals surface area contributed by atoms with Crippen LogP contribution in [0.3, 0.4) is 0 Å². The van der Waals surface area contributed by atoms with Crippen molar-refractivity contribution in [1.29, 1.82) is 0 Å². The van der Waals surface area contributed by atoms with Crippen LogP contribution in [0.4, 0.5) is 0 Å². The van der Waals surface area contributed by atoms with Crippen LogP contribution in [0.2, 0.25) is 0 Å². The minimum atomic E-state index is -0.0524. The molecule has 0 fully saturated rings. The maximum atomic E-state index is 12.1. The molecule has 0 saturated carbocycles. The van der Waals surface area contributed by atoms with Crippen LogP contribution in [0.1, 0.15) is 11.1 Å². The highest BCUT2D eigenvalue weighted by Crippen LogP contribution is 2.30. The molecule has 0 radical (unpaired) electrons. The molecule has 0 spiro atoms. The van der Waals surface area contributed by atoms with E-state index < -0.39 is 0 Å². The first-order valence-corrected chi connectivity index (χ1v) is 8.00. The highest BCUT2D eigenvalue weighted by atomic mass is 16.6. The normalized spacial score (nSPS) is 13.2. The van der Waals surface area contributed by atoms with E-state index in [-0.39, 0.29) is 5.56 Å². The van der Waals surface area contributed by atoms with E-state index in [1.54, 1.807) is 0 Å². The lowest BCUT2D eigenvalue weighted by Gasteiger charge is -2.19. The summed E-state index contributed by atoms with van der Waals surface area (Å²) in [5.41, 5.74) is 2.63. The molecule has 1 aromatic heterocycles. The molecule has 24 heavy (non-hydrogen) atoms. The fourth-order valence-corrected chi connectivity index (χ4v) is 2.86. The number of nitrogens with one attached hydrogen (secondary N) is 2. The van der Waals surface area contributed by atoms with Crippen molar-refractivity contribution in [2.45, 2.75) is 13.1 Å². The van der Waals surface area contributed by atoms with Gasteiger partial charge < -0.3 is 19.8 Å².